The van der Waals surface area contributed by atoms with E-state index in [9.17, 15) is 4.39 Å². The molecule has 0 unspecified atom stereocenters. The van der Waals surface area contributed by atoms with Gasteiger partial charge >= 0.3 is 0 Å². The first-order valence-electron chi connectivity index (χ1n) is 8.02. The summed E-state index contributed by atoms with van der Waals surface area (Å²) in [4.78, 5) is 4.12. The normalized spacial score (nSPS) is 11.0. The molecule has 0 amide bonds. The van der Waals surface area contributed by atoms with Gasteiger partial charge in [-0.3, -0.25) is 0 Å². The van der Waals surface area contributed by atoms with E-state index in [1.807, 2.05) is 26.0 Å². The number of nitrogens with zero attached hydrogens (tertiary/aromatic N) is 4. The van der Waals surface area contributed by atoms with Crippen LogP contribution in [0, 0.1) is 19.7 Å². The van der Waals surface area contributed by atoms with Gasteiger partial charge in [0.15, 0.2) is 5.76 Å². The zero-order chi connectivity index (χ0) is 18.1. The van der Waals surface area contributed by atoms with Crippen molar-refractivity contribution in [3.8, 4) is 16.9 Å². The smallest absolute Gasteiger partial charge is 0.156 e. The summed E-state index contributed by atoms with van der Waals surface area (Å²) in [5.41, 5.74) is 3.50. The van der Waals surface area contributed by atoms with Crippen LogP contribution in [0.15, 0.2) is 47.4 Å². The van der Waals surface area contributed by atoms with E-state index in [2.05, 4.69) is 19.8 Å². The molecule has 0 fully saturated rings. The van der Waals surface area contributed by atoms with E-state index in [0.29, 0.717) is 29.2 Å². The zero-order valence-corrected chi connectivity index (χ0v) is 15.0. The van der Waals surface area contributed by atoms with E-state index >= 15 is 0 Å². The molecule has 6 nitrogen and oxygen atoms in total. The van der Waals surface area contributed by atoms with Crippen molar-refractivity contribution in [2.75, 3.05) is 5.32 Å². The first-order chi connectivity index (χ1) is 12.6. The second-order valence-electron chi connectivity index (χ2n) is 5.95. The third-order valence-electron chi connectivity index (χ3n) is 3.86. The van der Waals surface area contributed by atoms with Gasteiger partial charge in [0.05, 0.1) is 29.9 Å². The molecule has 0 aliphatic heterocycles. The highest BCUT2D eigenvalue weighted by atomic mass is 32.1. The lowest BCUT2D eigenvalue weighted by molar-refractivity contribution is 0.390. The molecule has 0 radical (unpaired) electrons. The highest BCUT2D eigenvalue weighted by Crippen LogP contribution is 2.24. The second-order valence-corrected chi connectivity index (χ2v) is 6.76. The van der Waals surface area contributed by atoms with E-state index in [0.717, 1.165) is 16.4 Å². The molecule has 1 aromatic carbocycles. The molecule has 132 valence electrons. The third-order valence-corrected chi connectivity index (χ3v) is 4.70. The zero-order valence-electron chi connectivity index (χ0n) is 14.2. The van der Waals surface area contributed by atoms with Gasteiger partial charge in [0, 0.05) is 17.8 Å². The average Bonchev–Trinajstić information content (AvgIpc) is 3.34. The van der Waals surface area contributed by atoms with Gasteiger partial charge < -0.3 is 14.4 Å². The van der Waals surface area contributed by atoms with Gasteiger partial charge in [-0.05, 0) is 43.6 Å². The summed E-state index contributed by atoms with van der Waals surface area (Å²) in [7, 11) is 0. The van der Waals surface area contributed by atoms with Crippen LogP contribution in [0.3, 0.4) is 0 Å². The van der Waals surface area contributed by atoms with Crippen LogP contribution in [0.1, 0.15) is 17.1 Å². The predicted molar refractivity (Wildman–Crippen MR) is 97.9 cm³/mol. The second kappa shape index (κ2) is 6.72. The summed E-state index contributed by atoms with van der Waals surface area (Å²) in [6.45, 7) is 4.29. The fourth-order valence-corrected chi connectivity index (χ4v) is 3.24. The number of nitrogens with one attached hydrogen (secondary N) is 1. The Morgan fingerprint density at radius 1 is 1.19 bits per heavy atom. The van der Waals surface area contributed by atoms with E-state index in [4.69, 9.17) is 4.52 Å². The van der Waals surface area contributed by atoms with Crippen molar-refractivity contribution in [2.24, 2.45) is 0 Å². The number of hydrogen-bond donors (Lipinski definition) is 1. The summed E-state index contributed by atoms with van der Waals surface area (Å²) < 4.78 is 25.7. The van der Waals surface area contributed by atoms with Crippen LogP contribution in [0.25, 0.3) is 16.9 Å². The van der Waals surface area contributed by atoms with Gasteiger partial charge in [-0.2, -0.15) is 4.37 Å². The Balaban J connectivity index is 1.51. The number of anilines is 1. The summed E-state index contributed by atoms with van der Waals surface area (Å²) in [6, 6.07) is 8.74. The fourth-order valence-electron chi connectivity index (χ4n) is 2.58. The van der Waals surface area contributed by atoms with Gasteiger partial charge in [0.25, 0.3) is 0 Å². The number of aromatic nitrogens is 4. The van der Waals surface area contributed by atoms with Crippen molar-refractivity contribution in [2.45, 2.75) is 20.4 Å². The molecule has 1 N–H and O–H groups in total. The van der Waals surface area contributed by atoms with Crippen LogP contribution in [-0.2, 0) is 6.54 Å². The standard InChI is InChI=1S/C18H16FN5OS/c1-11-5-18(26-23-11)20-8-14-7-16(22-25-14)13-3-4-17(15(19)6-13)24-9-12(2)21-10-24/h3-7,9-10,20H,8H2,1-2H3. The van der Waals surface area contributed by atoms with Crippen molar-refractivity contribution in [3.63, 3.8) is 0 Å². The molecule has 0 bridgehead atoms. The van der Waals surface area contributed by atoms with Crippen LogP contribution in [-0.4, -0.2) is 19.1 Å². The topological polar surface area (TPSA) is 68.8 Å². The highest BCUT2D eigenvalue weighted by molar-refractivity contribution is 7.10. The number of benzene rings is 1. The maximum Gasteiger partial charge on any atom is 0.156 e. The molecular weight excluding hydrogens is 353 g/mol. The molecule has 0 aliphatic carbocycles. The van der Waals surface area contributed by atoms with Gasteiger partial charge in [-0.25, -0.2) is 9.37 Å². The van der Waals surface area contributed by atoms with E-state index < -0.39 is 0 Å². The Bertz CT molecular complexity index is 1050. The van der Waals surface area contributed by atoms with Crippen molar-refractivity contribution >= 4 is 16.5 Å². The van der Waals surface area contributed by atoms with Crippen molar-refractivity contribution in [1.82, 2.24) is 19.1 Å². The number of imidazole rings is 1. The number of hydrogen-bond acceptors (Lipinski definition) is 6. The molecule has 3 heterocycles. The van der Waals surface area contributed by atoms with E-state index in [-0.39, 0.29) is 5.82 Å². The largest absolute Gasteiger partial charge is 0.368 e. The Morgan fingerprint density at radius 2 is 2.08 bits per heavy atom. The SMILES string of the molecule is Cc1cn(-c2ccc(-c3cc(CNc4cc(C)ns4)on3)cc2F)cn1. The quantitative estimate of drug-likeness (QED) is 0.566. The van der Waals surface area contributed by atoms with Crippen LogP contribution in [0.5, 0.6) is 0 Å². The third kappa shape index (κ3) is 3.36. The molecule has 0 saturated heterocycles. The average molecular weight is 369 g/mol. The van der Waals surface area contributed by atoms with Gasteiger partial charge in [0.1, 0.15) is 16.5 Å². The Hall–Kier alpha value is -3.00. The number of halogens is 1. The van der Waals surface area contributed by atoms with Crippen LogP contribution in [0.2, 0.25) is 0 Å². The molecule has 4 rings (SSSR count). The highest BCUT2D eigenvalue weighted by Gasteiger charge is 2.11. The summed E-state index contributed by atoms with van der Waals surface area (Å²) in [5, 5.41) is 8.23. The Labute approximate surface area is 153 Å². The molecule has 0 saturated carbocycles. The molecule has 26 heavy (non-hydrogen) atoms. The molecule has 0 spiro atoms. The fraction of sp³-hybridized carbons (Fsp3) is 0.167. The minimum Gasteiger partial charge on any atom is -0.368 e. The molecule has 8 heteroatoms. The summed E-state index contributed by atoms with van der Waals surface area (Å²) >= 11 is 1.39. The maximum atomic E-state index is 14.5. The molecule has 0 atom stereocenters. The molecule has 0 aliphatic rings. The van der Waals surface area contributed by atoms with Gasteiger partial charge in [-0.1, -0.05) is 11.2 Å². The lowest BCUT2D eigenvalue weighted by Gasteiger charge is -2.05. The monoisotopic (exact) mass is 369 g/mol. The Kier molecular flexibility index (Phi) is 4.26. The summed E-state index contributed by atoms with van der Waals surface area (Å²) in [6.07, 6.45) is 3.37. The van der Waals surface area contributed by atoms with Gasteiger partial charge in [0.2, 0.25) is 0 Å². The van der Waals surface area contributed by atoms with Gasteiger partial charge in [-0.15, -0.1) is 0 Å². The first-order valence-corrected chi connectivity index (χ1v) is 8.79. The summed E-state index contributed by atoms with van der Waals surface area (Å²) in [5.74, 6) is 0.323. The number of aryl methyl sites for hydroxylation is 2. The van der Waals surface area contributed by atoms with Crippen LogP contribution < -0.4 is 5.32 Å². The minimum absolute atomic E-state index is 0.345. The minimum atomic E-state index is -0.345. The maximum absolute atomic E-state index is 14.5. The van der Waals surface area contributed by atoms with Crippen LogP contribution in [0.4, 0.5) is 9.39 Å². The van der Waals surface area contributed by atoms with Crippen molar-refractivity contribution in [1.29, 1.82) is 0 Å². The van der Waals surface area contributed by atoms with E-state index in [1.165, 1.54) is 17.6 Å². The molecule has 3 aromatic heterocycles. The lowest BCUT2D eigenvalue weighted by Crippen LogP contribution is -1.95. The lowest BCUT2D eigenvalue weighted by atomic mass is 10.1. The van der Waals surface area contributed by atoms with E-state index in [1.54, 1.807) is 29.2 Å². The van der Waals surface area contributed by atoms with Crippen molar-refractivity contribution in [3.05, 3.63) is 65.8 Å². The molecule has 4 aromatic rings. The molecular formula is C18H16FN5OS. The first kappa shape index (κ1) is 16.5. The predicted octanol–water partition coefficient (Wildman–Crippen LogP) is 4.35. The Morgan fingerprint density at radius 3 is 2.77 bits per heavy atom. The number of rotatable bonds is 5. The van der Waals surface area contributed by atoms with Crippen LogP contribution >= 0.6 is 11.5 Å². The van der Waals surface area contributed by atoms with Crippen molar-refractivity contribution < 1.29 is 8.91 Å².